The topological polar surface area (TPSA) is 70.1 Å². The maximum Gasteiger partial charge on any atom is 0.295 e. The van der Waals surface area contributed by atoms with Crippen molar-refractivity contribution < 1.29 is 19.4 Å². The van der Waals surface area contributed by atoms with Gasteiger partial charge in [0.15, 0.2) is 0 Å². The van der Waals surface area contributed by atoms with E-state index in [0.29, 0.717) is 36.9 Å². The third kappa shape index (κ3) is 5.02. The highest BCUT2D eigenvalue weighted by Gasteiger charge is 2.46. The summed E-state index contributed by atoms with van der Waals surface area (Å²) in [6.45, 7) is 7.59. The lowest BCUT2D eigenvalue weighted by Crippen LogP contribution is -2.35. The number of hydrogen-bond donors (Lipinski definition) is 1. The van der Waals surface area contributed by atoms with Gasteiger partial charge in [0, 0.05) is 18.7 Å². The van der Waals surface area contributed by atoms with Gasteiger partial charge in [-0.15, -0.1) is 0 Å². The van der Waals surface area contributed by atoms with Gasteiger partial charge in [0.1, 0.15) is 11.5 Å². The van der Waals surface area contributed by atoms with E-state index in [4.69, 9.17) is 4.74 Å². The van der Waals surface area contributed by atoms with Gasteiger partial charge in [-0.05, 0) is 50.2 Å². The Morgan fingerprint density at radius 3 is 2.50 bits per heavy atom. The fourth-order valence-corrected chi connectivity index (χ4v) is 3.79. The second kappa shape index (κ2) is 10.0. The molecule has 1 fully saturated rings. The van der Waals surface area contributed by atoms with Crippen molar-refractivity contribution in [2.45, 2.75) is 26.8 Å². The van der Waals surface area contributed by atoms with Crippen LogP contribution in [-0.2, 0) is 9.59 Å². The molecule has 0 aliphatic carbocycles. The third-order valence-electron chi connectivity index (χ3n) is 5.50. The first-order valence-electron chi connectivity index (χ1n) is 10.9. The lowest BCUT2D eigenvalue weighted by atomic mass is 9.92. The van der Waals surface area contributed by atoms with E-state index in [1.165, 1.54) is 0 Å². The van der Waals surface area contributed by atoms with Gasteiger partial charge in [0.25, 0.3) is 11.7 Å². The van der Waals surface area contributed by atoms with Gasteiger partial charge in [-0.25, -0.2) is 0 Å². The first kappa shape index (κ1) is 23.5. The summed E-state index contributed by atoms with van der Waals surface area (Å²) in [7, 11) is 3.84. The van der Waals surface area contributed by atoms with Crippen LogP contribution in [0, 0.1) is 12.8 Å². The quantitative estimate of drug-likeness (QED) is 0.385. The van der Waals surface area contributed by atoms with Gasteiger partial charge in [-0.2, -0.15) is 0 Å². The van der Waals surface area contributed by atoms with Crippen molar-refractivity contribution >= 4 is 17.4 Å². The number of amides is 1. The number of likely N-dealkylation sites (N-methyl/N-ethyl adjacent to an activating group) is 1. The predicted molar refractivity (Wildman–Crippen MR) is 126 cm³/mol. The molecule has 0 saturated carbocycles. The highest BCUT2D eigenvalue weighted by Crippen LogP contribution is 2.40. The van der Waals surface area contributed by atoms with E-state index in [-0.39, 0.29) is 11.3 Å². The summed E-state index contributed by atoms with van der Waals surface area (Å²) in [5.41, 5.74) is 2.35. The van der Waals surface area contributed by atoms with Crippen LogP contribution < -0.4 is 4.74 Å². The number of carbonyl (C=O) groups is 2. The smallest absolute Gasteiger partial charge is 0.295 e. The van der Waals surface area contributed by atoms with E-state index in [1.807, 2.05) is 56.3 Å². The number of hydrogen-bond acceptors (Lipinski definition) is 5. The van der Waals surface area contributed by atoms with E-state index in [1.54, 1.807) is 23.1 Å². The summed E-state index contributed by atoms with van der Waals surface area (Å²) in [5, 5.41) is 11.2. The number of likely N-dealkylation sites (tertiary alicyclic amines) is 1. The molecule has 6 nitrogen and oxygen atoms in total. The molecule has 0 spiro atoms. The molecule has 0 bridgehead atoms. The number of Topliss-reactive ketones (excluding diaryl/α,β-unsaturated/α-hetero) is 1. The summed E-state index contributed by atoms with van der Waals surface area (Å²) >= 11 is 0. The van der Waals surface area contributed by atoms with Crippen LogP contribution in [-0.4, -0.2) is 60.4 Å². The number of benzene rings is 2. The fraction of sp³-hybridized carbons (Fsp3) is 0.385. The second-order valence-corrected chi connectivity index (χ2v) is 8.89. The molecule has 1 amide bonds. The number of nitrogens with zero attached hydrogens (tertiary/aromatic N) is 2. The molecule has 3 rings (SSSR count). The fourth-order valence-electron chi connectivity index (χ4n) is 3.79. The molecule has 1 heterocycles. The molecule has 6 heteroatoms. The van der Waals surface area contributed by atoms with Crippen LogP contribution in [0.25, 0.3) is 5.76 Å². The Kier molecular flexibility index (Phi) is 7.36. The van der Waals surface area contributed by atoms with Gasteiger partial charge < -0.3 is 19.6 Å². The van der Waals surface area contributed by atoms with Gasteiger partial charge in [-0.1, -0.05) is 50.2 Å². The summed E-state index contributed by atoms with van der Waals surface area (Å²) in [5.74, 6) is -0.469. The normalized spacial score (nSPS) is 18.1. The average molecular weight is 437 g/mol. The Hall–Kier alpha value is -3.12. The van der Waals surface area contributed by atoms with Crippen LogP contribution in [0.15, 0.2) is 54.1 Å². The zero-order chi connectivity index (χ0) is 23.4. The van der Waals surface area contributed by atoms with Crippen LogP contribution in [0.3, 0.4) is 0 Å². The lowest BCUT2D eigenvalue weighted by Gasteiger charge is -2.27. The monoisotopic (exact) mass is 436 g/mol. The number of rotatable bonds is 8. The van der Waals surface area contributed by atoms with Crippen LogP contribution in [0.2, 0.25) is 0 Å². The molecule has 2 aromatic rings. The average Bonchev–Trinajstić information content (AvgIpc) is 3.00. The Labute approximate surface area is 190 Å². The Balaban J connectivity index is 2.10. The van der Waals surface area contributed by atoms with Crippen molar-refractivity contribution in [1.29, 1.82) is 0 Å². The van der Waals surface area contributed by atoms with Crippen LogP contribution in [0.5, 0.6) is 5.75 Å². The molecule has 1 atom stereocenters. The molecule has 0 aromatic heterocycles. The predicted octanol–water partition coefficient (Wildman–Crippen LogP) is 4.01. The summed E-state index contributed by atoms with van der Waals surface area (Å²) < 4.78 is 5.78. The van der Waals surface area contributed by atoms with Crippen molar-refractivity contribution in [2.24, 2.45) is 5.92 Å². The first-order valence-corrected chi connectivity index (χ1v) is 10.9. The van der Waals surface area contributed by atoms with Crippen LogP contribution in [0.4, 0.5) is 0 Å². The molecule has 1 N–H and O–H groups in total. The molecule has 1 unspecified atom stereocenters. The third-order valence-corrected chi connectivity index (χ3v) is 5.50. The minimum absolute atomic E-state index is 0.115. The largest absolute Gasteiger partial charge is 0.507 e. The Morgan fingerprint density at radius 2 is 1.84 bits per heavy atom. The molecule has 1 saturated heterocycles. The number of aliphatic hydroxyl groups excluding tert-OH is 1. The van der Waals surface area contributed by atoms with Crippen molar-refractivity contribution in [3.05, 3.63) is 70.8 Å². The number of ketones is 1. The number of aryl methyl sites for hydroxylation is 1. The molecule has 2 aromatic carbocycles. The minimum Gasteiger partial charge on any atom is -0.507 e. The van der Waals surface area contributed by atoms with Crippen molar-refractivity contribution in [2.75, 3.05) is 33.8 Å². The SMILES string of the molecule is Cc1ccccc1C1/C(=C(\O)c2cccc(OCC(C)C)c2)C(=O)C(=O)N1CCN(C)C. The van der Waals surface area contributed by atoms with Crippen molar-refractivity contribution in [3.63, 3.8) is 0 Å². The maximum atomic E-state index is 13.1. The van der Waals surface area contributed by atoms with E-state index in [0.717, 1.165) is 11.1 Å². The zero-order valence-corrected chi connectivity index (χ0v) is 19.5. The highest BCUT2D eigenvalue weighted by molar-refractivity contribution is 6.46. The van der Waals surface area contributed by atoms with Crippen LogP contribution >= 0.6 is 0 Å². The summed E-state index contributed by atoms with van der Waals surface area (Å²) in [6.07, 6.45) is 0. The van der Waals surface area contributed by atoms with E-state index >= 15 is 0 Å². The lowest BCUT2D eigenvalue weighted by molar-refractivity contribution is -0.140. The van der Waals surface area contributed by atoms with Gasteiger partial charge in [0.05, 0.1) is 18.2 Å². The number of ether oxygens (including phenoxy) is 1. The standard InChI is InChI=1S/C26H32N2O4/c1-17(2)16-32-20-11-8-10-19(15-20)24(29)22-23(21-12-7-6-9-18(21)3)28(14-13-27(4)5)26(31)25(22)30/h6-12,15,17,23,29H,13-14,16H2,1-5H3/b24-22+. The molecule has 170 valence electrons. The maximum absolute atomic E-state index is 13.1. The minimum atomic E-state index is -0.664. The summed E-state index contributed by atoms with van der Waals surface area (Å²) in [6, 6.07) is 14.0. The Bertz CT molecular complexity index is 1030. The number of carbonyl (C=O) groups excluding carboxylic acids is 2. The van der Waals surface area contributed by atoms with Gasteiger partial charge in [0.2, 0.25) is 0 Å². The molecule has 1 aliphatic rings. The molecule has 0 radical (unpaired) electrons. The van der Waals surface area contributed by atoms with Crippen LogP contribution in [0.1, 0.15) is 36.6 Å². The van der Waals surface area contributed by atoms with Gasteiger partial charge in [-0.3, -0.25) is 9.59 Å². The first-order chi connectivity index (χ1) is 15.2. The molecular formula is C26H32N2O4. The van der Waals surface area contributed by atoms with Crippen molar-refractivity contribution in [1.82, 2.24) is 9.80 Å². The van der Waals surface area contributed by atoms with Crippen molar-refractivity contribution in [3.8, 4) is 5.75 Å². The molecule has 1 aliphatic heterocycles. The number of aliphatic hydroxyl groups is 1. The second-order valence-electron chi connectivity index (χ2n) is 8.89. The van der Waals surface area contributed by atoms with E-state index in [9.17, 15) is 14.7 Å². The highest BCUT2D eigenvalue weighted by atomic mass is 16.5. The molecular weight excluding hydrogens is 404 g/mol. The Morgan fingerprint density at radius 1 is 1.12 bits per heavy atom. The van der Waals surface area contributed by atoms with Gasteiger partial charge >= 0.3 is 0 Å². The molecule has 32 heavy (non-hydrogen) atoms. The van der Waals surface area contributed by atoms with E-state index in [2.05, 4.69) is 13.8 Å². The zero-order valence-electron chi connectivity index (χ0n) is 19.5. The van der Waals surface area contributed by atoms with E-state index < -0.39 is 17.7 Å². The summed E-state index contributed by atoms with van der Waals surface area (Å²) in [4.78, 5) is 29.6.